The Morgan fingerprint density at radius 1 is 1.21 bits per heavy atom. The molecule has 0 atom stereocenters. The van der Waals surface area contributed by atoms with Crippen LogP contribution in [0.1, 0.15) is 19.3 Å². The Labute approximate surface area is 113 Å². The van der Waals surface area contributed by atoms with Crippen LogP contribution in [0.3, 0.4) is 0 Å². The van der Waals surface area contributed by atoms with E-state index in [4.69, 9.17) is 15.2 Å². The fourth-order valence-corrected chi connectivity index (χ4v) is 2.23. The Balaban J connectivity index is 2.12. The lowest BCUT2D eigenvalue weighted by atomic mass is 10.2. The number of nitrogens with zero attached hydrogens (tertiary/aromatic N) is 2. The number of rotatable bonds is 7. The molecule has 2 rings (SSSR count). The third kappa shape index (κ3) is 2.98. The molecule has 104 valence electrons. The second-order valence-electron chi connectivity index (χ2n) is 4.50. The Morgan fingerprint density at radius 2 is 2.05 bits per heavy atom. The van der Waals surface area contributed by atoms with Gasteiger partial charge in [-0.25, -0.2) is 4.98 Å². The first-order valence-corrected chi connectivity index (χ1v) is 6.55. The molecule has 0 unspecified atom stereocenters. The van der Waals surface area contributed by atoms with Gasteiger partial charge in [0.25, 0.3) is 0 Å². The molecular weight excluding hydrogens is 242 g/mol. The summed E-state index contributed by atoms with van der Waals surface area (Å²) < 4.78 is 12.4. The van der Waals surface area contributed by atoms with Crippen molar-refractivity contribution in [1.82, 2.24) is 9.55 Å². The Kier molecular flexibility index (Phi) is 4.63. The molecule has 1 aromatic carbocycles. The highest BCUT2D eigenvalue weighted by molar-refractivity contribution is 5.84. The highest BCUT2D eigenvalue weighted by Gasteiger charge is 2.11. The van der Waals surface area contributed by atoms with E-state index < -0.39 is 0 Å². The van der Waals surface area contributed by atoms with E-state index in [9.17, 15) is 0 Å². The monoisotopic (exact) mass is 263 g/mol. The van der Waals surface area contributed by atoms with Gasteiger partial charge in [0.05, 0.1) is 12.6 Å². The summed E-state index contributed by atoms with van der Waals surface area (Å²) in [7, 11) is 3.38. The van der Waals surface area contributed by atoms with Gasteiger partial charge in [-0.2, -0.15) is 0 Å². The fraction of sp³-hybridized carbons (Fsp3) is 0.500. The minimum atomic E-state index is 0.547. The maximum atomic E-state index is 5.99. The number of para-hydroxylation sites is 1. The first kappa shape index (κ1) is 13.7. The van der Waals surface area contributed by atoms with E-state index in [0.717, 1.165) is 49.2 Å². The molecule has 0 aliphatic rings. The quantitative estimate of drug-likeness (QED) is 0.779. The standard InChI is InChI=1S/C14H21N3O2/c1-18-10-5-3-4-9-17-11-7-6-8-12(19-2)13(11)16-14(17)15/h6-8H,3-5,9-10H2,1-2H3,(H2,15,16). The number of ether oxygens (including phenoxy) is 2. The van der Waals surface area contributed by atoms with Crippen molar-refractivity contribution >= 4 is 17.0 Å². The molecule has 2 N–H and O–H groups in total. The molecule has 0 saturated carbocycles. The summed E-state index contributed by atoms with van der Waals surface area (Å²) in [6.45, 7) is 1.69. The summed E-state index contributed by atoms with van der Waals surface area (Å²) in [5.74, 6) is 1.31. The molecule has 0 saturated heterocycles. The van der Waals surface area contributed by atoms with Crippen LogP contribution in [0.15, 0.2) is 18.2 Å². The van der Waals surface area contributed by atoms with Crippen molar-refractivity contribution in [3.8, 4) is 5.75 Å². The van der Waals surface area contributed by atoms with E-state index in [0.29, 0.717) is 5.95 Å². The Bertz CT molecular complexity index is 537. The van der Waals surface area contributed by atoms with Gasteiger partial charge in [0.2, 0.25) is 5.95 Å². The van der Waals surface area contributed by atoms with E-state index in [1.807, 2.05) is 22.8 Å². The van der Waals surface area contributed by atoms with Gasteiger partial charge in [0.1, 0.15) is 11.3 Å². The predicted molar refractivity (Wildman–Crippen MR) is 76.4 cm³/mol. The van der Waals surface area contributed by atoms with Crippen LogP contribution >= 0.6 is 0 Å². The second kappa shape index (κ2) is 6.43. The molecule has 0 fully saturated rings. The molecule has 5 heteroatoms. The predicted octanol–water partition coefficient (Wildman–Crippen LogP) is 2.44. The van der Waals surface area contributed by atoms with Gasteiger partial charge in [-0.3, -0.25) is 0 Å². The molecule has 0 spiro atoms. The first-order valence-electron chi connectivity index (χ1n) is 6.55. The normalized spacial score (nSPS) is 11.1. The van der Waals surface area contributed by atoms with Crippen molar-refractivity contribution < 1.29 is 9.47 Å². The largest absolute Gasteiger partial charge is 0.494 e. The van der Waals surface area contributed by atoms with Crippen molar-refractivity contribution in [2.24, 2.45) is 0 Å². The summed E-state index contributed by atoms with van der Waals surface area (Å²) >= 11 is 0. The number of unbranched alkanes of at least 4 members (excludes halogenated alkanes) is 2. The van der Waals surface area contributed by atoms with Gasteiger partial charge in [-0.05, 0) is 31.4 Å². The molecule has 0 radical (unpaired) electrons. The zero-order valence-electron chi connectivity index (χ0n) is 11.6. The number of hydrogen-bond donors (Lipinski definition) is 1. The van der Waals surface area contributed by atoms with Gasteiger partial charge < -0.3 is 19.8 Å². The maximum absolute atomic E-state index is 5.99. The molecule has 1 heterocycles. The minimum Gasteiger partial charge on any atom is -0.494 e. The Morgan fingerprint density at radius 3 is 2.79 bits per heavy atom. The van der Waals surface area contributed by atoms with Crippen LogP contribution in [0.25, 0.3) is 11.0 Å². The number of hydrogen-bond acceptors (Lipinski definition) is 4. The van der Waals surface area contributed by atoms with Crippen LogP contribution in [0, 0.1) is 0 Å². The summed E-state index contributed by atoms with van der Waals surface area (Å²) in [6, 6.07) is 5.89. The smallest absolute Gasteiger partial charge is 0.201 e. The summed E-state index contributed by atoms with van der Waals surface area (Å²) in [6.07, 6.45) is 3.26. The molecule has 0 aliphatic heterocycles. The molecular formula is C14H21N3O2. The molecule has 0 amide bonds. The SMILES string of the molecule is COCCCCCn1c(N)nc2c(OC)cccc21. The number of anilines is 1. The lowest BCUT2D eigenvalue weighted by Gasteiger charge is -2.06. The number of aryl methyl sites for hydroxylation is 1. The topological polar surface area (TPSA) is 62.3 Å². The zero-order valence-corrected chi connectivity index (χ0v) is 11.6. The average molecular weight is 263 g/mol. The minimum absolute atomic E-state index is 0.547. The van der Waals surface area contributed by atoms with E-state index in [1.165, 1.54) is 0 Å². The lowest BCUT2D eigenvalue weighted by Crippen LogP contribution is -2.03. The summed E-state index contributed by atoms with van der Waals surface area (Å²) in [4.78, 5) is 4.39. The number of aromatic nitrogens is 2. The van der Waals surface area contributed by atoms with Crippen molar-refractivity contribution in [3.63, 3.8) is 0 Å². The van der Waals surface area contributed by atoms with E-state index in [1.54, 1.807) is 14.2 Å². The number of benzene rings is 1. The number of methoxy groups -OCH3 is 2. The van der Waals surface area contributed by atoms with Crippen LogP contribution in [0.5, 0.6) is 5.75 Å². The number of nitrogens with two attached hydrogens (primary N) is 1. The van der Waals surface area contributed by atoms with E-state index in [-0.39, 0.29) is 0 Å². The number of nitrogen functional groups attached to an aromatic ring is 1. The van der Waals surface area contributed by atoms with Crippen LogP contribution in [-0.4, -0.2) is 30.4 Å². The molecule has 2 aromatic rings. The second-order valence-corrected chi connectivity index (χ2v) is 4.50. The van der Waals surface area contributed by atoms with Gasteiger partial charge in [-0.1, -0.05) is 6.07 Å². The van der Waals surface area contributed by atoms with Crippen LogP contribution < -0.4 is 10.5 Å². The third-order valence-electron chi connectivity index (χ3n) is 3.22. The summed E-state index contributed by atoms with van der Waals surface area (Å²) in [5, 5.41) is 0. The first-order chi connectivity index (χ1) is 9.27. The molecule has 0 aliphatic carbocycles. The van der Waals surface area contributed by atoms with E-state index >= 15 is 0 Å². The molecule has 1 aromatic heterocycles. The van der Waals surface area contributed by atoms with Crippen LogP contribution in [0.2, 0.25) is 0 Å². The van der Waals surface area contributed by atoms with Crippen molar-refractivity contribution in [2.45, 2.75) is 25.8 Å². The van der Waals surface area contributed by atoms with Crippen molar-refractivity contribution in [2.75, 3.05) is 26.6 Å². The van der Waals surface area contributed by atoms with Gasteiger partial charge in [-0.15, -0.1) is 0 Å². The fourth-order valence-electron chi connectivity index (χ4n) is 2.23. The highest BCUT2D eigenvalue weighted by Crippen LogP contribution is 2.27. The summed E-state index contributed by atoms with van der Waals surface area (Å²) in [5.41, 5.74) is 7.85. The van der Waals surface area contributed by atoms with Crippen LogP contribution in [-0.2, 0) is 11.3 Å². The van der Waals surface area contributed by atoms with Gasteiger partial charge in [0.15, 0.2) is 0 Å². The molecule has 19 heavy (non-hydrogen) atoms. The van der Waals surface area contributed by atoms with Crippen molar-refractivity contribution in [1.29, 1.82) is 0 Å². The zero-order chi connectivity index (χ0) is 13.7. The number of imidazole rings is 1. The van der Waals surface area contributed by atoms with Crippen LogP contribution in [0.4, 0.5) is 5.95 Å². The van der Waals surface area contributed by atoms with E-state index in [2.05, 4.69) is 4.98 Å². The molecule has 5 nitrogen and oxygen atoms in total. The third-order valence-corrected chi connectivity index (χ3v) is 3.22. The van der Waals surface area contributed by atoms with Gasteiger partial charge >= 0.3 is 0 Å². The maximum Gasteiger partial charge on any atom is 0.201 e. The Hall–Kier alpha value is -1.75. The number of fused-ring (bicyclic) bond motifs is 1. The lowest BCUT2D eigenvalue weighted by molar-refractivity contribution is 0.191. The molecule has 0 bridgehead atoms. The van der Waals surface area contributed by atoms with Crippen molar-refractivity contribution in [3.05, 3.63) is 18.2 Å². The average Bonchev–Trinajstić information content (AvgIpc) is 2.74. The van der Waals surface area contributed by atoms with Gasteiger partial charge in [0, 0.05) is 20.3 Å². The highest BCUT2D eigenvalue weighted by atomic mass is 16.5.